The Morgan fingerprint density at radius 1 is 1.24 bits per heavy atom. The van der Waals surface area contributed by atoms with Gasteiger partial charge in [0.2, 0.25) is 0 Å². The SMILES string of the molecule is CCN(CCNC(=NC)NCc1ccc(F)cc1)C(C)C. The molecule has 0 atom stereocenters. The Hall–Kier alpha value is -1.62. The first kappa shape index (κ1) is 17.4. The van der Waals surface area contributed by atoms with Crippen molar-refractivity contribution in [2.24, 2.45) is 4.99 Å². The topological polar surface area (TPSA) is 39.7 Å². The van der Waals surface area contributed by atoms with Crippen molar-refractivity contribution in [3.8, 4) is 0 Å². The predicted molar refractivity (Wildman–Crippen MR) is 87.0 cm³/mol. The summed E-state index contributed by atoms with van der Waals surface area (Å²) in [5.41, 5.74) is 1.02. The van der Waals surface area contributed by atoms with Gasteiger partial charge < -0.3 is 10.6 Å². The standard InChI is InChI=1S/C16H27FN4/c1-5-21(13(2)3)11-10-19-16(18-4)20-12-14-6-8-15(17)9-7-14/h6-9,13H,5,10-12H2,1-4H3,(H2,18,19,20). The quantitative estimate of drug-likeness (QED) is 0.598. The van der Waals surface area contributed by atoms with Gasteiger partial charge in [0.25, 0.3) is 0 Å². The van der Waals surface area contributed by atoms with Gasteiger partial charge in [-0.05, 0) is 38.1 Å². The number of likely N-dealkylation sites (N-methyl/N-ethyl adjacent to an activating group) is 1. The Balaban J connectivity index is 2.34. The number of benzene rings is 1. The van der Waals surface area contributed by atoms with Crippen LogP contribution in [0.2, 0.25) is 0 Å². The van der Waals surface area contributed by atoms with E-state index in [1.165, 1.54) is 12.1 Å². The van der Waals surface area contributed by atoms with Gasteiger partial charge in [-0.3, -0.25) is 9.89 Å². The Bertz CT molecular complexity index is 428. The molecule has 1 aromatic carbocycles. The van der Waals surface area contributed by atoms with Gasteiger partial charge in [0.1, 0.15) is 5.82 Å². The van der Waals surface area contributed by atoms with Gasteiger partial charge in [0.05, 0.1) is 0 Å². The Kier molecular flexibility index (Phi) is 7.75. The molecule has 0 aliphatic carbocycles. The molecule has 1 rings (SSSR count). The van der Waals surface area contributed by atoms with E-state index in [0.29, 0.717) is 12.6 Å². The van der Waals surface area contributed by atoms with Crippen LogP contribution in [0.5, 0.6) is 0 Å². The molecule has 1 aromatic rings. The molecule has 0 heterocycles. The molecule has 0 saturated carbocycles. The second-order valence-corrected chi connectivity index (χ2v) is 5.20. The lowest BCUT2D eigenvalue weighted by Gasteiger charge is -2.25. The molecule has 0 spiro atoms. The zero-order valence-corrected chi connectivity index (χ0v) is 13.5. The van der Waals surface area contributed by atoms with Gasteiger partial charge in [-0.15, -0.1) is 0 Å². The summed E-state index contributed by atoms with van der Waals surface area (Å²) in [7, 11) is 1.75. The average molecular weight is 294 g/mol. The molecular formula is C16H27FN4. The molecule has 0 unspecified atom stereocenters. The van der Waals surface area contributed by atoms with Gasteiger partial charge in [0.15, 0.2) is 5.96 Å². The number of rotatable bonds is 7. The minimum absolute atomic E-state index is 0.213. The van der Waals surface area contributed by atoms with Crippen molar-refractivity contribution in [1.82, 2.24) is 15.5 Å². The van der Waals surface area contributed by atoms with E-state index in [4.69, 9.17) is 0 Å². The van der Waals surface area contributed by atoms with Crippen molar-refractivity contribution in [1.29, 1.82) is 0 Å². The number of aliphatic imine (C=N–C) groups is 1. The van der Waals surface area contributed by atoms with Crippen molar-refractivity contribution >= 4 is 5.96 Å². The van der Waals surface area contributed by atoms with Crippen molar-refractivity contribution in [3.63, 3.8) is 0 Å². The summed E-state index contributed by atoms with van der Waals surface area (Å²) >= 11 is 0. The molecule has 2 N–H and O–H groups in total. The Morgan fingerprint density at radius 2 is 1.90 bits per heavy atom. The maximum Gasteiger partial charge on any atom is 0.191 e. The van der Waals surface area contributed by atoms with Crippen LogP contribution in [0.15, 0.2) is 29.3 Å². The first-order chi connectivity index (χ1) is 10.1. The van der Waals surface area contributed by atoms with Crippen molar-refractivity contribution in [3.05, 3.63) is 35.6 Å². The number of hydrogen-bond acceptors (Lipinski definition) is 2. The largest absolute Gasteiger partial charge is 0.355 e. The minimum atomic E-state index is -0.213. The van der Waals surface area contributed by atoms with Gasteiger partial charge in [0, 0.05) is 32.7 Å². The van der Waals surface area contributed by atoms with Crippen LogP contribution < -0.4 is 10.6 Å². The van der Waals surface area contributed by atoms with Crippen molar-refractivity contribution < 1.29 is 4.39 Å². The van der Waals surface area contributed by atoms with Gasteiger partial charge in [-0.2, -0.15) is 0 Å². The van der Waals surface area contributed by atoms with Crippen LogP contribution in [0, 0.1) is 5.82 Å². The Labute approximate surface area is 127 Å². The molecule has 0 radical (unpaired) electrons. The summed E-state index contributed by atoms with van der Waals surface area (Å²) < 4.78 is 12.8. The zero-order valence-electron chi connectivity index (χ0n) is 13.5. The molecule has 4 nitrogen and oxygen atoms in total. The monoisotopic (exact) mass is 294 g/mol. The lowest BCUT2D eigenvalue weighted by atomic mass is 10.2. The van der Waals surface area contributed by atoms with E-state index in [0.717, 1.165) is 31.2 Å². The first-order valence-corrected chi connectivity index (χ1v) is 7.49. The molecule has 118 valence electrons. The summed E-state index contributed by atoms with van der Waals surface area (Å²) in [6, 6.07) is 7.02. The molecule has 0 amide bonds. The third-order valence-electron chi connectivity index (χ3n) is 3.42. The molecule has 0 aliphatic rings. The van der Waals surface area contributed by atoms with E-state index < -0.39 is 0 Å². The number of hydrogen-bond donors (Lipinski definition) is 2. The van der Waals surface area contributed by atoms with Gasteiger partial charge >= 0.3 is 0 Å². The van der Waals surface area contributed by atoms with Crippen molar-refractivity contribution in [2.75, 3.05) is 26.7 Å². The number of guanidine groups is 1. The molecule has 0 aliphatic heterocycles. The van der Waals surface area contributed by atoms with Gasteiger partial charge in [-0.1, -0.05) is 19.1 Å². The highest BCUT2D eigenvalue weighted by Crippen LogP contribution is 2.01. The molecule has 21 heavy (non-hydrogen) atoms. The fraction of sp³-hybridized carbons (Fsp3) is 0.562. The number of halogens is 1. The summed E-state index contributed by atoms with van der Waals surface area (Å²) in [5.74, 6) is 0.550. The molecule has 0 bridgehead atoms. The lowest BCUT2D eigenvalue weighted by molar-refractivity contribution is 0.237. The predicted octanol–water partition coefficient (Wildman–Crippen LogP) is 2.22. The van der Waals surface area contributed by atoms with Crippen molar-refractivity contribution in [2.45, 2.75) is 33.4 Å². The number of nitrogens with one attached hydrogen (secondary N) is 2. The highest BCUT2D eigenvalue weighted by Gasteiger charge is 2.06. The second kappa shape index (κ2) is 9.34. The summed E-state index contributed by atoms with van der Waals surface area (Å²) in [4.78, 5) is 6.58. The maximum atomic E-state index is 12.8. The highest BCUT2D eigenvalue weighted by atomic mass is 19.1. The molecular weight excluding hydrogens is 267 g/mol. The van der Waals surface area contributed by atoms with Crippen LogP contribution in [0.25, 0.3) is 0 Å². The van der Waals surface area contributed by atoms with E-state index in [1.54, 1.807) is 19.2 Å². The van der Waals surface area contributed by atoms with E-state index in [9.17, 15) is 4.39 Å². The Morgan fingerprint density at radius 3 is 2.43 bits per heavy atom. The highest BCUT2D eigenvalue weighted by molar-refractivity contribution is 5.79. The fourth-order valence-electron chi connectivity index (χ4n) is 2.11. The third kappa shape index (κ3) is 6.58. The molecule has 0 aromatic heterocycles. The van der Waals surface area contributed by atoms with Crippen LogP contribution >= 0.6 is 0 Å². The van der Waals surface area contributed by atoms with E-state index in [1.807, 2.05) is 0 Å². The summed E-state index contributed by atoms with van der Waals surface area (Å²) in [6.07, 6.45) is 0. The normalized spacial score (nSPS) is 12.0. The van der Waals surface area contributed by atoms with Crippen LogP contribution in [0.3, 0.4) is 0 Å². The maximum absolute atomic E-state index is 12.8. The molecule has 5 heteroatoms. The van der Waals surface area contributed by atoms with Crippen LogP contribution in [0.1, 0.15) is 26.3 Å². The molecule has 0 fully saturated rings. The van der Waals surface area contributed by atoms with Crippen LogP contribution in [-0.2, 0) is 6.54 Å². The summed E-state index contributed by atoms with van der Waals surface area (Å²) in [6.45, 7) is 10.1. The first-order valence-electron chi connectivity index (χ1n) is 7.49. The lowest BCUT2D eigenvalue weighted by Crippen LogP contribution is -2.42. The second-order valence-electron chi connectivity index (χ2n) is 5.20. The third-order valence-corrected chi connectivity index (χ3v) is 3.42. The fourth-order valence-corrected chi connectivity index (χ4v) is 2.11. The summed E-state index contributed by atoms with van der Waals surface area (Å²) in [5, 5.41) is 6.52. The zero-order chi connectivity index (χ0) is 15.7. The van der Waals surface area contributed by atoms with Crippen LogP contribution in [0.4, 0.5) is 4.39 Å². The van der Waals surface area contributed by atoms with Crippen LogP contribution in [-0.4, -0.2) is 43.6 Å². The van der Waals surface area contributed by atoms with Gasteiger partial charge in [-0.25, -0.2) is 4.39 Å². The minimum Gasteiger partial charge on any atom is -0.355 e. The number of nitrogens with zero attached hydrogens (tertiary/aromatic N) is 2. The molecule has 0 saturated heterocycles. The van der Waals surface area contributed by atoms with E-state index in [-0.39, 0.29) is 5.82 Å². The smallest absolute Gasteiger partial charge is 0.191 e. The average Bonchev–Trinajstić information content (AvgIpc) is 2.48. The van der Waals surface area contributed by atoms with E-state index in [2.05, 4.69) is 41.3 Å². The van der Waals surface area contributed by atoms with E-state index >= 15 is 0 Å².